The van der Waals surface area contributed by atoms with Crippen molar-refractivity contribution in [2.24, 2.45) is 5.10 Å². The van der Waals surface area contributed by atoms with Crippen LogP contribution in [-0.2, 0) is 0 Å². The standard InChI is InChI=1S/C24H21N3O7/c1-3-33-22-13-16(15-25-26-23(28)18-5-4-6-19(14-18)27(30)31)7-12-21(22)34-24(29)17-8-10-20(32-2)11-9-17/h4-15H,3H2,1-2H3,(H,26,28)/b25-15-. The number of non-ortho nitro benzene ring substituents is 1. The molecule has 0 spiro atoms. The lowest BCUT2D eigenvalue weighted by molar-refractivity contribution is -0.384. The summed E-state index contributed by atoms with van der Waals surface area (Å²) in [6.07, 6.45) is 1.37. The number of carbonyl (C=O) groups is 2. The van der Waals surface area contributed by atoms with E-state index in [0.717, 1.165) is 6.07 Å². The molecule has 0 aliphatic rings. The second-order valence-corrected chi connectivity index (χ2v) is 6.76. The number of nitro groups is 1. The molecule has 0 aromatic heterocycles. The van der Waals surface area contributed by atoms with E-state index in [1.54, 1.807) is 49.4 Å². The molecule has 174 valence electrons. The summed E-state index contributed by atoms with van der Waals surface area (Å²) in [7, 11) is 1.53. The van der Waals surface area contributed by atoms with Crippen molar-refractivity contribution in [3.8, 4) is 17.2 Å². The molecule has 10 heteroatoms. The summed E-state index contributed by atoms with van der Waals surface area (Å²) >= 11 is 0. The monoisotopic (exact) mass is 463 g/mol. The number of carbonyl (C=O) groups excluding carboxylic acids is 2. The van der Waals surface area contributed by atoms with E-state index in [0.29, 0.717) is 29.2 Å². The minimum Gasteiger partial charge on any atom is -0.497 e. The second kappa shape index (κ2) is 11.2. The van der Waals surface area contributed by atoms with Gasteiger partial charge in [-0.15, -0.1) is 0 Å². The molecule has 0 aliphatic carbocycles. The van der Waals surface area contributed by atoms with E-state index in [4.69, 9.17) is 14.2 Å². The third-order valence-electron chi connectivity index (χ3n) is 4.49. The number of nitrogens with one attached hydrogen (secondary N) is 1. The topological polar surface area (TPSA) is 129 Å². The summed E-state index contributed by atoms with van der Waals surface area (Å²) in [6, 6.07) is 16.6. The molecule has 0 saturated heterocycles. The SMILES string of the molecule is CCOc1cc(/C=N\NC(=O)c2cccc([N+](=O)[O-])c2)ccc1OC(=O)c1ccc(OC)cc1. The lowest BCUT2D eigenvalue weighted by atomic mass is 10.2. The normalized spacial score (nSPS) is 10.5. The zero-order chi connectivity index (χ0) is 24.5. The summed E-state index contributed by atoms with van der Waals surface area (Å²) in [4.78, 5) is 34.9. The summed E-state index contributed by atoms with van der Waals surface area (Å²) in [5, 5.41) is 14.7. The van der Waals surface area contributed by atoms with Gasteiger partial charge in [0.25, 0.3) is 11.6 Å². The Bertz CT molecular complexity index is 1220. The van der Waals surface area contributed by atoms with E-state index < -0.39 is 16.8 Å². The highest BCUT2D eigenvalue weighted by Crippen LogP contribution is 2.29. The van der Waals surface area contributed by atoms with E-state index in [2.05, 4.69) is 10.5 Å². The number of hydrogen-bond acceptors (Lipinski definition) is 8. The molecule has 3 aromatic carbocycles. The van der Waals surface area contributed by atoms with E-state index >= 15 is 0 Å². The maximum absolute atomic E-state index is 12.5. The van der Waals surface area contributed by atoms with Crippen molar-refractivity contribution in [3.63, 3.8) is 0 Å². The van der Waals surface area contributed by atoms with Crippen molar-refractivity contribution >= 4 is 23.8 Å². The number of amides is 1. The second-order valence-electron chi connectivity index (χ2n) is 6.76. The van der Waals surface area contributed by atoms with Crippen molar-refractivity contribution in [1.82, 2.24) is 5.43 Å². The average molecular weight is 463 g/mol. The fourth-order valence-electron chi connectivity index (χ4n) is 2.83. The van der Waals surface area contributed by atoms with Crippen molar-refractivity contribution in [2.45, 2.75) is 6.92 Å². The highest BCUT2D eigenvalue weighted by Gasteiger charge is 2.14. The highest BCUT2D eigenvalue weighted by molar-refractivity contribution is 5.95. The number of esters is 1. The Kier molecular flexibility index (Phi) is 7.90. The van der Waals surface area contributed by atoms with Gasteiger partial charge in [0, 0.05) is 17.7 Å². The van der Waals surface area contributed by atoms with Crippen LogP contribution < -0.4 is 19.6 Å². The van der Waals surface area contributed by atoms with E-state index in [1.807, 2.05) is 0 Å². The zero-order valence-corrected chi connectivity index (χ0v) is 18.4. The molecule has 3 rings (SSSR count). The van der Waals surface area contributed by atoms with Crippen molar-refractivity contribution < 1.29 is 28.7 Å². The molecule has 10 nitrogen and oxygen atoms in total. The molecule has 0 fully saturated rings. The summed E-state index contributed by atoms with van der Waals surface area (Å²) in [5.74, 6) is -0.00388. The van der Waals surface area contributed by atoms with Crippen LogP contribution in [-0.4, -0.2) is 36.7 Å². The number of nitro benzene ring substituents is 1. The first-order chi connectivity index (χ1) is 16.4. The largest absolute Gasteiger partial charge is 0.497 e. The first-order valence-corrected chi connectivity index (χ1v) is 10.1. The Morgan fingerprint density at radius 1 is 1.03 bits per heavy atom. The number of rotatable bonds is 9. The molecule has 0 heterocycles. The van der Waals surface area contributed by atoms with Gasteiger partial charge in [-0.25, -0.2) is 10.2 Å². The van der Waals surface area contributed by atoms with Crippen LogP contribution in [0.15, 0.2) is 71.8 Å². The number of ether oxygens (including phenoxy) is 3. The number of hydrogen-bond donors (Lipinski definition) is 1. The molecule has 0 saturated carbocycles. The van der Waals surface area contributed by atoms with Crippen LogP contribution >= 0.6 is 0 Å². The van der Waals surface area contributed by atoms with Gasteiger partial charge in [-0.3, -0.25) is 14.9 Å². The zero-order valence-electron chi connectivity index (χ0n) is 18.4. The molecule has 1 amide bonds. The fraction of sp³-hybridized carbons (Fsp3) is 0.125. The van der Waals surface area contributed by atoms with Gasteiger partial charge >= 0.3 is 5.97 Å². The quantitative estimate of drug-likeness (QED) is 0.167. The maximum Gasteiger partial charge on any atom is 0.343 e. The summed E-state index contributed by atoms with van der Waals surface area (Å²) in [6.45, 7) is 2.12. The van der Waals surface area contributed by atoms with Crippen LogP contribution in [0.5, 0.6) is 17.2 Å². The van der Waals surface area contributed by atoms with Crippen LogP contribution in [0.2, 0.25) is 0 Å². The first kappa shape index (κ1) is 23.9. The van der Waals surface area contributed by atoms with Crippen molar-refractivity contribution in [1.29, 1.82) is 0 Å². The predicted octanol–water partition coefficient (Wildman–Crippen LogP) is 3.99. The predicted molar refractivity (Wildman–Crippen MR) is 124 cm³/mol. The van der Waals surface area contributed by atoms with Crippen LogP contribution in [0.1, 0.15) is 33.2 Å². The summed E-state index contributed by atoms with van der Waals surface area (Å²) in [5.41, 5.74) is 3.12. The smallest absolute Gasteiger partial charge is 0.343 e. The summed E-state index contributed by atoms with van der Waals surface area (Å²) < 4.78 is 16.1. The molecular formula is C24H21N3O7. The van der Waals surface area contributed by atoms with Crippen molar-refractivity contribution in [3.05, 3.63) is 93.5 Å². The Morgan fingerprint density at radius 3 is 2.47 bits per heavy atom. The van der Waals surface area contributed by atoms with Gasteiger partial charge in [-0.1, -0.05) is 6.07 Å². The molecule has 3 aromatic rings. The molecule has 0 unspecified atom stereocenters. The Labute approximate surface area is 194 Å². The van der Waals surface area contributed by atoms with Gasteiger partial charge in [0.1, 0.15) is 5.75 Å². The van der Waals surface area contributed by atoms with Gasteiger partial charge in [0.15, 0.2) is 11.5 Å². The molecule has 0 aliphatic heterocycles. The Morgan fingerprint density at radius 2 is 1.79 bits per heavy atom. The molecule has 0 bridgehead atoms. The minimum absolute atomic E-state index is 0.0992. The fourth-order valence-corrected chi connectivity index (χ4v) is 2.83. The van der Waals surface area contributed by atoms with E-state index in [1.165, 1.54) is 31.5 Å². The highest BCUT2D eigenvalue weighted by atomic mass is 16.6. The Hall–Kier alpha value is -4.73. The maximum atomic E-state index is 12.5. The number of hydrazone groups is 1. The van der Waals surface area contributed by atoms with Crippen LogP contribution in [0.25, 0.3) is 0 Å². The van der Waals surface area contributed by atoms with Gasteiger partial charge < -0.3 is 14.2 Å². The van der Waals surface area contributed by atoms with Crippen LogP contribution in [0.3, 0.4) is 0 Å². The van der Waals surface area contributed by atoms with Crippen LogP contribution in [0.4, 0.5) is 5.69 Å². The average Bonchev–Trinajstić information content (AvgIpc) is 2.85. The van der Waals surface area contributed by atoms with Crippen LogP contribution in [0, 0.1) is 10.1 Å². The number of nitrogens with zero attached hydrogens (tertiary/aromatic N) is 2. The third-order valence-corrected chi connectivity index (χ3v) is 4.49. The number of benzene rings is 3. The molecule has 34 heavy (non-hydrogen) atoms. The molecule has 0 radical (unpaired) electrons. The van der Waals surface area contributed by atoms with Gasteiger partial charge in [-0.05, 0) is 61.0 Å². The lowest BCUT2D eigenvalue weighted by Crippen LogP contribution is -2.17. The van der Waals surface area contributed by atoms with Crippen molar-refractivity contribution in [2.75, 3.05) is 13.7 Å². The van der Waals surface area contributed by atoms with Gasteiger partial charge in [0.2, 0.25) is 0 Å². The Balaban J connectivity index is 1.69. The molecular weight excluding hydrogens is 442 g/mol. The third kappa shape index (κ3) is 6.16. The number of methoxy groups -OCH3 is 1. The molecule has 1 N–H and O–H groups in total. The van der Waals surface area contributed by atoms with Gasteiger partial charge in [0.05, 0.1) is 30.4 Å². The van der Waals surface area contributed by atoms with Gasteiger partial charge in [-0.2, -0.15) is 5.10 Å². The molecule has 0 atom stereocenters. The first-order valence-electron chi connectivity index (χ1n) is 10.1. The van der Waals surface area contributed by atoms with E-state index in [9.17, 15) is 19.7 Å². The lowest BCUT2D eigenvalue weighted by Gasteiger charge is -2.11. The minimum atomic E-state index is -0.602. The van der Waals surface area contributed by atoms with E-state index in [-0.39, 0.29) is 17.0 Å².